The third-order valence-electron chi connectivity index (χ3n) is 12.8. The van der Waals surface area contributed by atoms with E-state index in [0.29, 0.717) is 85.2 Å². The van der Waals surface area contributed by atoms with Crippen molar-refractivity contribution in [3.63, 3.8) is 0 Å². The van der Waals surface area contributed by atoms with Gasteiger partial charge >= 0.3 is 13.1 Å². The van der Waals surface area contributed by atoms with Crippen LogP contribution in [0.1, 0.15) is 124 Å². The topological polar surface area (TPSA) is 341 Å². The Labute approximate surface area is 605 Å². The number of carbonyl (C=O) groups is 3. The fourth-order valence-electron chi connectivity index (χ4n) is 7.52. The number of methoxy groups -OCH3 is 1. The van der Waals surface area contributed by atoms with Crippen molar-refractivity contribution in [3.05, 3.63) is 251 Å². The van der Waals surface area contributed by atoms with Gasteiger partial charge in [0, 0.05) is 120 Å². The molecule has 540 valence electrons. The monoisotopic (exact) mass is 1450 g/mol. The summed E-state index contributed by atoms with van der Waals surface area (Å²) < 4.78 is 42.7. The number of benzene rings is 3. The zero-order chi connectivity index (χ0) is 73.2. The van der Waals surface area contributed by atoms with E-state index in [-0.39, 0.29) is 64.1 Å². The van der Waals surface area contributed by atoms with E-state index in [1.807, 2.05) is 26.8 Å². The largest absolute Gasteiger partial charge is 0.488 e. The first-order chi connectivity index (χ1) is 46.4. The molecule has 20 nitrogen and oxygen atoms in total. The predicted molar refractivity (Wildman–Crippen MR) is 405 cm³/mol. The number of pyridine rings is 6. The van der Waals surface area contributed by atoms with Gasteiger partial charge in [-0.2, -0.15) is 0 Å². The molecule has 3 atom stereocenters. The van der Waals surface area contributed by atoms with Crippen molar-refractivity contribution in [1.82, 2.24) is 35.2 Å². The van der Waals surface area contributed by atoms with Gasteiger partial charge in [-0.1, -0.05) is 89.0 Å². The maximum Gasteiger partial charge on any atom is 0.488 e. The fraction of sp³-hybridized carbons (Fsp3) is 0.230. The number of carbonyl (C=O) groups excluding carboxylic acids is 3. The number of nitrogens with two attached hydrogens (primary N) is 3. The van der Waals surface area contributed by atoms with Crippen molar-refractivity contribution < 1.29 is 57.7 Å². The minimum Gasteiger partial charge on any atom is -0.465 e. The minimum atomic E-state index is -1.51. The third kappa shape index (κ3) is 32.9. The summed E-state index contributed by atoms with van der Waals surface area (Å²) in [5.41, 5.74) is 27.4. The molecule has 0 aliphatic heterocycles. The Balaban J connectivity index is 0.00000122. The number of allylic oxidation sites excluding steroid dienone is 3. The number of hydrogen-bond acceptors (Lipinski definition) is 19. The molecular weight excluding hydrogens is 1360 g/mol. The number of nitrogens with zero attached hydrogens (tertiary/aromatic N) is 6. The zero-order valence-electron chi connectivity index (χ0n) is 54.9. The van der Waals surface area contributed by atoms with Gasteiger partial charge in [0.1, 0.15) is 28.2 Å². The molecule has 0 saturated heterocycles. The SMILES string of the molecule is C.C.C.C=C(C)c1cnc(-c2ccc(F)cc2)cc1Cl.C=C(C)c1cnc(-c2ccc(F)cc2)cc1Nc1ccncc1C(=O)NC[C@H](C)O.C=C(C)c1cnc(Cl)cc1Cl.COC(=O)c1cnccc1N.C[C@H](O)CCC(=O)c1cnccc1N.C[C@H](O)CN.OB(O)c1ccc(F)cc1. The second-order valence-corrected chi connectivity index (χ2v) is 22.6. The molecule has 101 heavy (non-hydrogen) atoms. The molecule has 0 bridgehead atoms. The van der Waals surface area contributed by atoms with E-state index >= 15 is 0 Å². The lowest BCUT2D eigenvalue weighted by molar-refractivity contribution is 0.0601. The van der Waals surface area contributed by atoms with Crippen LogP contribution in [-0.4, -0.2) is 119 Å². The van der Waals surface area contributed by atoms with Gasteiger partial charge in [0.15, 0.2) is 5.78 Å². The maximum atomic E-state index is 13.3. The normalized spacial score (nSPS) is 10.6. The number of Topliss-reactive ketones (excluding diaryl/α,β-unsaturated/α-hetero) is 1. The number of ketones is 1. The number of rotatable bonds is 17. The van der Waals surface area contributed by atoms with Gasteiger partial charge in [-0.05, 0) is 167 Å². The molecule has 0 fully saturated rings. The van der Waals surface area contributed by atoms with Crippen LogP contribution in [0, 0.1) is 17.5 Å². The third-order valence-corrected chi connectivity index (χ3v) is 13.7. The number of anilines is 4. The van der Waals surface area contributed by atoms with Crippen molar-refractivity contribution in [2.45, 2.75) is 95.0 Å². The van der Waals surface area contributed by atoms with Crippen molar-refractivity contribution in [3.8, 4) is 22.5 Å². The Hall–Kier alpha value is -9.73. The summed E-state index contributed by atoms with van der Waals surface area (Å²) in [6.45, 7) is 22.6. The van der Waals surface area contributed by atoms with Crippen molar-refractivity contribution in [1.29, 1.82) is 0 Å². The highest BCUT2D eigenvalue weighted by Crippen LogP contribution is 2.32. The molecule has 6 heterocycles. The summed E-state index contributed by atoms with van der Waals surface area (Å²) in [5.74, 6) is -1.86. The number of ether oxygens (including phenoxy) is 1. The van der Waals surface area contributed by atoms with Gasteiger partial charge in [0.2, 0.25) is 0 Å². The molecule has 9 aromatic rings. The molecule has 6 aromatic heterocycles. The summed E-state index contributed by atoms with van der Waals surface area (Å²) in [6.07, 6.45) is 13.2. The van der Waals surface area contributed by atoms with E-state index in [1.165, 1.54) is 80.4 Å². The van der Waals surface area contributed by atoms with Crippen LogP contribution >= 0.6 is 34.8 Å². The van der Waals surface area contributed by atoms with Gasteiger partial charge in [0.25, 0.3) is 5.91 Å². The van der Waals surface area contributed by atoms with Gasteiger partial charge in [-0.25, -0.2) is 22.9 Å². The molecular formula is C74H90BCl3F3N11O9. The number of nitrogen functional groups attached to an aromatic ring is 2. The van der Waals surface area contributed by atoms with E-state index in [9.17, 15) is 32.7 Å². The predicted octanol–water partition coefficient (Wildman–Crippen LogP) is 14.4. The van der Waals surface area contributed by atoms with E-state index in [4.69, 9.17) is 72.3 Å². The molecule has 3 aromatic carbocycles. The Morgan fingerprint density at radius 2 is 0.970 bits per heavy atom. The molecule has 0 radical (unpaired) electrons. The van der Waals surface area contributed by atoms with Crippen LogP contribution in [0.15, 0.2) is 185 Å². The van der Waals surface area contributed by atoms with Gasteiger partial charge in [-0.3, -0.25) is 34.5 Å². The lowest BCUT2D eigenvalue weighted by Gasteiger charge is -2.16. The van der Waals surface area contributed by atoms with Crippen LogP contribution in [0.3, 0.4) is 0 Å². The number of aliphatic hydroxyl groups is 3. The standard InChI is InChI=1S/C23H23FN4O2.C14H11ClFN.C10H14N2O2.C8H7Cl2N.C7H8N2O2.C6H6BFO2.C3H9NO.3CH4/c1-14(2)18-13-26-21(16-4-6-17(24)7-5-16)10-22(18)28-20-8-9-25-12-19(20)23(30)27-11-15(3)29;1-9(2)12-8-17-14(7-13(12)15)10-3-5-11(16)6-4-10;1-7(13)2-3-10(14)8-6-12-5-4-9(8)11;1-5(2)6-4-11-8(10)3-7(6)9;1-11-7(10)5-4-9-3-2-6(5)8;8-6-3-1-5(2-4-6)7(9)10;1-3(5)2-4;;;/h4-10,12-13,15,29H,1,11H2,2-3H3,(H,27,30)(H,25,26,28);3-8H,1H2,2H3;4-7,13H,2-3H2,1H3,(H2,11,12);3-4H,1H2,2H3;2-4H,1H3,(H2,8,9);1-4,9-10H;3,5H,2,4H2,1H3;3*1H4/t15-;;7-;;;;3-;;;/m0.0...0.../s1. The highest BCUT2D eigenvalue weighted by Gasteiger charge is 2.17. The summed E-state index contributed by atoms with van der Waals surface area (Å²) in [6, 6.07) is 27.2. The van der Waals surface area contributed by atoms with E-state index in [1.54, 1.807) is 106 Å². The second kappa shape index (κ2) is 47.3. The maximum absolute atomic E-state index is 13.3. The van der Waals surface area contributed by atoms with E-state index in [2.05, 4.69) is 65.0 Å². The summed E-state index contributed by atoms with van der Waals surface area (Å²) in [4.78, 5) is 59.2. The Morgan fingerprint density at radius 1 is 0.554 bits per heavy atom. The van der Waals surface area contributed by atoms with Crippen LogP contribution in [0.4, 0.5) is 35.9 Å². The van der Waals surface area contributed by atoms with Crippen molar-refractivity contribution >= 4 is 105 Å². The highest BCUT2D eigenvalue weighted by atomic mass is 35.5. The van der Waals surface area contributed by atoms with Crippen LogP contribution < -0.4 is 33.3 Å². The first-order valence-corrected chi connectivity index (χ1v) is 30.8. The second-order valence-electron chi connectivity index (χ2n) is 21.3. The first-order valence-electron chi connectivity index (χ1n) is 29.7. The smallest absolute Gasteiger partial charge is 0.465 e. The summed E-state index contributed by atoms with van der Waals surface area (Å²) in [5, 5.41) is 51.3. The lowest BCUT2D eigenvalue weighted by atomic mass is 9.80. The molecule has 0 spiro atoms. The molecule has 0 saturated carbocycles. The number of aromatic nitrogens is 6. The first kappa shape index (κ1) is 91.3. The average molecular weight is 1450 g/mol. The van der Waals surface area contributed by atoms with E-state index in [0.717, 1.165) is 50.2 Å². The molecule has 13 N–H and O–H groups in total. The van der Waals surface area contributed by atoms with Crippen LogP contribution in [0.2, 0.25) is 15.2 Å². The van der Waals surface area contributed by atoms with E-state index < -0.39 is 25.3 Å². The average Bonchev–Trinajstić information content (AvgIpc) is 0.813. The number of esters is 1. The number of halogens is 6. The number of hydrogen-bond donors (Lipinski definition) is 10. The number of amides is 1. The summed E-state index contributed by atoms with van der Waals surface area (Å²) in [7, 11) is -0.213. The van der Waals surface area contributed by atoms with Crippen molar-refractivity contribution in [2.24, 2.45) is 5.73 Å². The molecule has 0 aliphatic carbocycles. The van der Waals surface area contributed by atoms with Crippen LogP contribution in [0.5, 0.6) is 0 Å². The molecule has 27 heteroatoms. The number of nitrogens with one attached hydrogen (secondary N) is 2. The highest BCUT2D eigenvalue weighted by molar-refractivity contribution is 6.58. The number of aliphatic hydroxyl groups excluding tert-OH is 3. The molecule has 1 amide bonds. The van der Waals surface area contributed by atoms with Gasteiger partial charge in [-0.15, -0.1) is 0 Å². The quantitative estimate of drug-likeness (QED) is 0.0175. The minimum absolute atomic E-state index is 0. The lowest BCUT2D eigenvalue weighted by Crippen LogP contribution is -2.31. The fourth-order valence-corrected chi connectivity index (χ4v) is 8.36. The molecule has 0 unspecified atom stereocenters. The summed E-state index contributed by atoms with van der Waals surface area (Å²) >= 11 is 17.6. The van der Waals surface area contributed by atoms with Crippen LogP contribution in [0.25, 0.3) is 39.2 Å². The Kier molecular flexibility index (Phi) is 42.8. The molecule has 9 rings (SSSR count). The zero-order valence-corrected chi connectivity index (χ0v) is 57.2. The van der Waals surface area contributed by atoms with Crippen LogP contribution in [-0.2, 0) is 4.74 Å². The Morgan fingerprint density at radius 3 is 1.38 bits per heavy atom. The van der Waals surface area contributed by atoms with Crippen molar-refractivity contribution in [2.75, 3.05) is 37.0 Å². The van der Waals surface area contributed by atoms with Gasteiger partial charge in [0.05, 0.1) is 63.7 Å². The molecule has 0 aliphatic rings. The van der Waals surface area contributed by atoms with Gasteiger partial charge < -0.3 is 57.9 Å². The Bertz CT molecular complexity index is 4070.